The molecule has 0 bridgehead atoms. The topological polar surface area (TPSA) is 17.8 Å². The van der Waals surface area contributed by atoms with Crippen molar-refractivity contribution >= 4 is 8.07 Å². The average molecular weight is 192 g/mol. The Balaban J connectivity index is 2.97. The summed E-state index contributed by atoms with van der Waals surface area (Å²) in [6.07, 6.45) is 1.84. The lowest BCUT2D eigenvalue weighted by molar-refractivity contribution is 0.740. The third-order valence-corrected chi connectivity index (χ3v) is 2.68. The smallest absolute Gasteiger partial charge is 0.129 e. The van der Waals surface area contributed by atoms with Crippen LogP contribution in [-0.2, 0) is 7.05 Å². The van der Waals surface area contributed by atoms with Gasteiger partial charge in [0.1, 0.15) is 8.07 Å². The minimum atomic E-state index is -1.25. The molecule has 0 N–H and O–H groups in total. The summed E-state index contributed by atoms with van der Waals surface area (Å²) in [6.45, 7) is 8.77. The molecule has 0 aromatic carbocycles. The van der Waals surface area contributed by atoms with Crippen molar-refractivity contribution in [2.75, 3.05) is 0 Å². The van der Waals surface area contributed by atoms with Crippen LogP contribution in [-0.4, -0.2) is 17.9 Å². The minimum Gasteiger partial charge on any atom is -0.272 e. The van der Waals surface area contributed by atoms with Gasteiger partial charge in [-0.15, -0.1) is 5.54 Å². The van der Waals surface area contributed by atoms with E-state index in [1.54, 1.807) is 0 Å². The molecule has 0 aliphatic heterocycles. The Morgan fingerprint density at radius 2 is 2.00 bits per heavy atom. The molecule has 0 saturated heterocycles. The molecule has 0 radical (unpaired) electrons. The van der Waals surface area contributed by atoms with E-state index in [-0.39, 0.29) is 0 Å². The van der Waals surface area contributed by atoms with Gasteiger partial charge in [-0.2, -0.15) is 5.10 Å². The summed E-state index contributed by atoms with van der Waals surface area (Å²) in [5.41, 5.74) is 5.53. The van der Waals surface area contributed by atoms with Gasteiger partial charge in [0, 0.05) is 7.05 Å². The zero-order chi connectivity index (χ0) is 10.1. The lowest BCUT2D eigenvalue weighted by atomic mass is 10.3. The van der Waals surface area contributed by atoms with E-state index in [9.17, 15) is 0 Å². The van der Waals surface area contributed by atoms with Crippen molar-refractivity contribution in [3.8, 4) is 11.5 Å². The second-order valence-electron chi connectivity index (χ2n) is 4.27. The van der Waals surface area contributed by atoms with E-state index in [0.29, 0.717) is 0 Å². The van der Waals surface area contributed by atoms with Crippen LogP contribution in [0, 0.1) is 18.4 Å². The van der Waals surface area contributed by atoms with Crippen LogP contribution in [0.2, 0.25) is 19.6 Å². The van der Waals surface area contributed by atoms with E-state index in [4.69, 9.17) is 0 Å². The fourth-order valence-electron chi connectivity index (χ4n) is 0.876. The van der Waals surface area contributed by atoms with Crippen LogP contribution in [0.1, 0.15) is 11.3 Å². The Bertz CT molecular complexity index is 361. The standard InChI is InChI=1S/C10H16N2Si/c1-9-10(8-11-12(9)2)6-7-13(3,4)5/h8H,1-5H3. The molecule has 0 aliphatic carbocycles. The zero-order valence-corrected chi connectivity index (χ0v) is 9.97. The second-order valence-corrected chi connectivity index (χ2v) is 9.02. The predicted molar refractivity (Wildman–Crippen MR) is 58.2 cm³/mol. The van der Waals surface area contributed by atoms with Gasteiger partial charge < -0.3 is 0 Å². The van der Waals surface area contributed by atoms with E-state index >= 15 is 0 Å². The fourth-order valence-corrected chi connectivity index (χ4v) is 1.39. The molecule has 0 fully saturated rings. The zero-order valence-electron chi connectivity index (χ0n) is 8.97. The Morgan fingerprint density at radius 1 is 1.38 bits per heavy atom. The molecule has 0 amide bonds. The minimum absolute atomic E-state index is 1.06. The lowest BCUT2D eigenvalue weighted by Gasteiger charge is -2.02. The average Bonchev–Trinajstić information content (AvgIpc) is 2.29. The Kier molecular flexibility index (Phi) is 2.62. The van der Waals surface area contributed by atoms with Crippen LogP contribution >= 0.6 is 0 Å². The predicted octanol–water partition coefficient (Wildman–Crippen LogP) is 1.96. The second kappa shape index (κ2) is 3.39. The third kappa shape index (κ3) is 2.74. The van der Waals surface area contributed by atoms with Crippen LogP contribution in [0.4, 0.5) is 0 Å². The van der Waals surface area contributed by atoms with Crippen molar-refractivity contribution < 1.29 is 0 Å². The molecule has 0 saturated carbocycles. The molecule has 1 aromatic rings. The van der Waals surface area contributed by atoms with Crippen LogP contribution in [0.25, 0.3) is 0 Å². The molecule has 0 spiro atoms. The Morgan fingerprint density at radius 3 is 2.38 bits per heavy atom. The number of aryl methyl sites for hydroxylation is 1. The maximum Gasteiger partial charge on any atom is 0.129 e. The highest BCUT2D eigenvalue weighted by molar-refractivity contribution is 6.83. The Hall–Kier alpha value is -1.01. The number of hydrogen-bond donors (Lipinski definition) is 0. The maximum atomic E-state index is 4.15. The largest absolute Gasteiger partial charge is 0.272 e. The van der Waals surface area contributed by atoms with E-state index in [1.807, 2.05) is 24.9 Å². The SMILES string of the molecule is Cc1c(C#C[Si](C)(C)C)cnn1C. The molecular weight excluding hydrogens is 176 g/mol. The first-order valence-electron chi connectivity index (χ1n) is 4.42. The summed E-state index contributed by atoms with van der Waals surface area (Å²) in [7, 11) is 0.688. The molecule has 1 rings (SSSR count). The summed E-state index contributed by atoms with van der Waals surface area (Å²) in [4.78, 5) is 0. The molecule has 0 unspecified atom stereocenters. The molecular formula is C10H16N2Si. The van der Waals surface area contributed by atoms with Crippen LogP contribution in [0.5, 0.6) is 0 Å². The highest BCUT2D eigenvalue weighted by Crippen LogP contribution is 2.04. The van der Waals surface area contributed by atoms with Crippen molar-refractivity contribution in [3.05, 3.63) is 17.5 Å². The van der Waals surface area contributed by atoms with Crippen molar-refractivity contribution in [2.45, 2.75) is 26.6 Å². The van der Waals surface area contributed by atoms with Crippen molar-refractivity contribution in [1.29, 1.82) is 0 Å². The molecule has 0 atom stereocenters. The first kappa shape index (κ1) is 10.1. The van der Waals surface area contributed by atoms with Crippen molar-refractivity contribution in [2.24, 2.45) is 7.05 Å². The summed E-state index contributed by atoms with van der Waals surface area (Å²) in [5, 5.41) is 4.15. The third-order valence-electron chi connectivity index (χ3n) is 1.81. The highest BCUT2D eigenvalue weighted by Gasteiger charge is 2.08. The maximum absolute atomic E-state index is 4.15. The van der Waals surface area contributed by atoms with Gasteiger partial charge in [0.25, 0.3) is 0 Å². The molecule has 70 valence electrons. The van der Waals surface area contributed by atoms with Crippen molar-refractivity contribution in [1.82, 2.24) is 9.78 Å². The molecule has 1 heterocycles. The van der Waals surface area contributed by atoms with Gasteiger partial charge in [0.15, 0.2) is 0 Å². The monoisotopic (exact) mass is 192 g/mol. The van der Waals surface area contributed by atoms with Gasteiger partial charge >= 0.3 is 0 Å². The highest BCUT2D eigenvalue weighted by atomic mass is 28.3. The summed E-state index contributed by atoms with van der Waals surface area (Å²) in [5.74, 6) is 3.20. The molecule has 13 heavy (non-hydrogen) atoms. The molecule has 1 aromatic heterocycles. The van der Waals surface area contributed by atoms with Gasteiger partial charge in [-0.25, -0.2) is 0 Å². The van der Waals surface area contributed by atoms with Crippen molar-refractivity contribution in [3.63, 3.8) is 0 Å². The van der Waals surface area contributed by atoms with Crippen LogP contribution in [0.15, 0.2) is 6.20 Å². The number of aromatic nitrogens is 2. The quantitative estimate of drug-likeness (QED) is 0.454. The van der Waals surface area contributed by atoms with E-state index < -0.39 is 8.07 Å². The van der Waals surface area contributed by atoms with Gasteiger partial charge in [0.05, 0.1) is 17.5 Å². The van der Waals surface area contributed by atoms with Gasteiger partial charge in [-0.05, 0) is 6.92 Å². The summed E-state index contributed by atoms with van der Waals surface area (Å²) >= 11 is 0. The van der Waals surface area contributed by atoms with Gasteiger partial charge in [-0.1, -0.05) is 25.6 Å². The molecule has 3 heteroatoms. The Labute approximate surface area is 81.0 Å². The number of hydrogen-bond acceptors (Lipinski definition) is 1. The summed E-state index contributed by atoms with van der Waals surface area (Å²) in [6, 6.07) is 0. The number of rotatable bonds is 0. The van der Waals surface area contributed by atoms with E-state index in [2.05, 4.69) is 36.2 Å². The normalized spacial score (nSPS) is 10.8. The van der Waals surface area contributed by atoms with Gasteiger partial charge in [-0.3, -0.25) is 4.68 Å². The lowest BCUT2D eigenvalue weighted by Crippen LogP contribution is -2.16. The first-order chi connectivity index (χ1) is 5.90. The van der Waals surface area contributed by atoms with Gasteiger partial charge in [0.2, 0.25) is 0 Å². The summed E-state index contributed by atoms with van der Waals surface area (Å²) < 4.78 is 1.86. The van der Waals surface area contributed by atoms with E-state index in [0.717, 1.165) is 11.3 Å². The first-order valence-corrected chi connectivity index (χ1v) is 7.92. The molecule has 0 aliphatic rings. The van der Waals surface area contributed by atoms with E-state index in [1.165, 1.54) is 0 Å². The fraction of sp³-hybridized carbons (Fsp3) is 0.500. The molecule has 2 nitrogen and oxygen atoms in total. The van der Waals surface area contributed by atoms with Crippen LogP contribution < -0.4 is 0 Å². The van der Waals surface area contributed by atoms with Crippen LogP contribution in [0.3, 0.4) is 0 Å². The number of nitrogens with zero attached hydrogens (tertiary/aromatic N) is 2.